The molecular formula is C19H41N5O3. The van der Waals surface area contributed by atoms with Gasteiger partial charge in [-0.3, -0.25) is 9.59 Å². The van der Waals surface area contributed by atoms with Crippen LogP contribution < -0.4 is 27.0 Å². The van der Waals surface area contributed by atoms with Gasteiger partial charge in [0.25, 0.3) is 0 Å². The third-order valence-corrected chi connectivity index (χ3v) is 4.00. The Kier molecular flexibility index (Phi) is 20.1. The number of unbranched alkanes of at least 4 members (excludes halogenated alkanes) is 3. The zero-order valence-electron chi connectivity index (χ0n) is 17.1. The van der Waals surface area contributed by atoms with Crippen molar-refractivity contribution in [2.75, 3.05) is 59.0 Å². The smallest absolute Gasteiger partial charge is 0.305 e. The summed E-state index contributed by atoms with van der Waals surface area (Å²) in [5.41, 5.74) is 5.07. The number of hydrogen-bond acceptors (Lipinski definition) is 7. The van der Waals surface area contributed by atoms with Gasteiger partial charge in [0.1, 0.15) is 0 Å². The molecule has 27 heavy (non-hydrogen) atoms. The lowest BCUT2D eigenvalue weighted by Crippen LogP contribution is -2.33. The van der Waals surface area contributed by atoms with E-state index in [0.29, 0.717) is 26.0 Å². The molecular weight excluding hydrogens is 346 g/mol. The van der Waals surface area contributed by atoms with E-state index in [-0.39, 0.29) is 11.9 Å². The first-order valence-corrected chi connectivity index (χ1v) is 10.4. The molecule has 0 unspecified atom stereocenters. The van der Waals surface area contributed by atoms with Crippen molar-refractivity contribution in [2.45, 2.75) is 51.9 Å². The number of nitrogens with one attached hydrogen (secondary N) is 4. The lowest BCUT2D eigenvalue weighted by atomic mass is 10.2. The van der Waals surface area contributed by atoms with Gasteiger partial charge in [-0.2, -0.15) is 0 Å². The topological polar surface area (TPSA) is 118 Å². The van der Waals surface area contributed by atoms with E-state index in [1.165, 1.54) is 0 Å². The van der Waals surface area contributed by atoms with Crippen LogP contribution in [0.3, 0.4) is 0 Å². The molecule has 0 saturated heterocycles. The monoisotopic (exact) mass is 387 g/mol. The SMILES string of the molecule is CCOC(=O)CCCCCNCCNCCNCCCCNCCC(N)=O. The Hall–Kier alpha value is -1.22. The van der Waals surface area contributed by atoms with Crippen LogP contribution in [0.4, 0.5) is 0 Å². The Morgan fingerprint density at radius 2 is 1.15 bits per heavy atom. The zero-order valence-corrected chi connectivity index (χ0v) is 17.1. The summed E-state index contributed by atoms with van der Waals surface area (Å²) in [7, 11) is 0. The fourth-order valence-corrected chi connectivity index (χ4v) is 2.49. The van der Waals surface area contributed by atoms with Crippen LogP contribution in [0.1, 0.15) is 51.9 Å². The van der Waals surface area contributed by atoms with Gasteiger partial charge < -0.3 is 31.7 Å². The largest absolute Gasteiger partial charge is 0.466 e. The maximum Gasteiger partial charge on any atom is 0.305 e. The lowest BCUT2D eigenvalue weighted by molar-refractivity contribution is -0.143. The van der Waals surface area contributed by atoms with E-state index < -0.39 is 0 Å². The number of amides is 1. The van der Waals surface area contributed by atoms with Gasteiger partial charge in [-0.25, -0.2) is 0 Å². The van der Waals surface area contributed by atoms with E-state index in [1.807, 2.05) is 6.92 Å². The molecule has 0 aromatic rings. The highest BCUT2D eigenvalue weighted by atomic mass is 16.5. The van der Waals surface area contributed by atoms with Crippen molar-refractivity contribution in [3.63, 3.8) is 0 Å². The number of carbonyl (C=O) groups is 2. The fraction of sp³-hybridized carbons (Fsp3) is 0.895. The third-order valence-electron chi connectivity index (χ3n) is 4.00. The summed E-state index contributed by atoms with van der Waals surface area (Å²) in [4.78, 5) is 21.7. The van der Waals surface area contributed by atoms with Crippen LogP contribution in [0.15, 0.2) is 0 Å². The molecule has 0 aromatic heterocycles. The maximum atomic E-state index is 11.2. The Balaban J connectivity index is 3.05. The van der Waals surface area contributed by atoms with Crippen molar-refractivity contribution >= 4 is 11.9 Å². The van der Waals surface area contributed by atoms with Gasteiger partial charge in [0.05, 0.1) is 6.61 Å². The molecule has 8 heteroatoms. The average molecular weight is 388 g/mol. The Bertz CT molecular complexity index is 356. The molecule has 0 rings (SSSR count). The summed E-state index contributed by atoms with van der Waals surface area (Å²) in [5.74, 6) is -0.335. The number of esters is 1. The normalized spacial score (nSPS) is 10.9. The molecule has 160 valence electrons. The van der Waals surface area contributed by atoms with Crippen molar-refractivity contribution < 1.29 is 14.3 Å². The van der Waals surface area contributed by atoms with Gasteiger partial charge >= 0.3 is 5.97 Å². The van der Waals surface area contributed by atoms with Gasteiger partial charge in [0.2, 0.25) is 5.91 Å². The van der Waals surface area contributed by atoms with Crippen molar-refractivity contribution in [1.82, 2.24) is 21.3 Å². The van der Waals surface area contributed by atoms with Crippen molar-refractivity contribution in [1.29, 1.82) is 0 Å². The minimum atomic E-state index is -0.252. The Morgan fingerprint density at radius 1 is 0.667 bits per heavy atom. The molecule has 0 saturated carbocycles. The molecule has 0 aliphatic heterocycles. The van der Waals surface area contributed by atoms with Crippen molar-refractivity contribution in [3.8, 4) is 0 Å². The Morgan fingerprint density at radius 3 is 1.67 bits per heavy atom. The van der Waals surface area contributed by atoms with Crippen molar-refractivity contribution in [2.24, 2.45) is 5.73 Å². The van der Waals surface area contributed by atoms with Gasteiger partial charge in [-0.15, -0.1) is 0 Å². The van der Waals surface area contributed by atoms with Crippen molar-refractivity contribution in [3.05, 3.63) is 0 Å². The third kappa shape index (κ3) is 22.7. The molecule has 6 N–H and O–H groups in total. The van der Waals surface area contributed by atoms with Crippen LogP contribution >= 0.6 is 0 Å². The number of carbonyl (C=O) groups excluding carboxylic acids is 2. The number of rotatable bonds is 21. The lowest BCUT2D eigenvalue weighted by Gasteiger charge is -2.08. The minimum Gasteiger partial charge on any atom is -0.466 e. The predicted octanol–water partition coefficient (Wildman–Crippen LogP) is 0.124. The van der Waals surface area contributed by atoms with E-state index in [9.17, 15) is 9.59 Å². The quantitative estimate of drug-likeness (QED) is 0.140. The van der Waals surface area contributed by atoms with Crippen LogP contribution in [0.2, 0.25) is 0 Å². The highest BCUT2D eigenvalue weighted by Gasteiger charge is 2.00. The second kappa shape index (κ2) is 21.1. The summed E-state index contributed by atoms with van der Waals surface area (Å²) in [6, 6.07) is 0. The van der Waals surface area contributed by atoms with Gasteiger partial charge in [0, 0.05) is 45.6 Å². The van der Waals surface area contributed by atoms with E-state index in [0.717, 1.165) is 77.9 Å². The van der Waals surface area contributed by atoms with E-state index >= 15 is 0 Å². The summed E-state index contributed by atoms with van der Waals surface area (Å²) in [6.45, 7) is 9.81. The second-order valence-corrected chi connectivity index (χ2v) is 6.54. The second-order valence-electron chi connectivity index (χ2n) is 6.54. The molecule has 0 heterocycles. The first kappa shape index (κ1) is 25.8. The zero-order chi connectivity index (χ0) is 20.0. The van der Waals surface area contributed by atoms with Crippen LogP contribution in [-0.2, 0) is 14.3 Å². The standard InChI is InChI=1S/C19H41N5O3/c1-2-27-19(26)8-4-3-5-10-22-14-16-24-17-15-23-12-7-6-11-21-13-9-18(20)25/h21-24H,2-17H2,1H3,(H2,20,25). The van der Waals surface area contributed by atoms with E-state index in [2.05, 4.69) is 21.3 Å². The molecule has 0 atom stereocenters. The van der Waals surface area contributed by atoms with Gasteiger partial charge in [-0.1, -0.05) is 6.42 Å². The van der Waals surface area contributed by atoms with E-state index in [1.54, 1.807) is 0 Å². The highest BCUT2D eigenvalue weighted by Crippen LogP contribution is 2.00. The first-order chi connectivity index (χ1) is 13.2. The van der Waals surface area contributed by atoms with E-state index in [4.69, 9.17) is 10.5 Å². The molecule has 1 amide bonds. The number of hydrogen-bond donors (Lipinski definition) is 5. The summed E-state index contributed by atoms with van der Waals surface area (Å²) < 4.78 is 4.90. The number of ether oxygens (including phenoxy) is 1. The Labute approximate surface area is 164 Å². The van der Waals surface area contributed by atoms with Crippen LogP contribution in [0, 0.1) is 0 Å². The molecule has 0 aliphatic rings. The fourth-order valence-electron chi connectivity index (χ4n) is 2.49. The maximum absolute atomic E-state index is 11.2. The highest BCUT2D eigenvalue weighted by molar-refractivity contribution is 5.73. The van der Waals surface area contributed by atoms with Crippen LogP contribution in [0.5, 0.6) is 0 Å². The number of nitrogens with two attached hydrogens (primary N) is 1. The molecule has 0 aromatic carbocycles. The van der Waals surface area contributed by atoms with Gasteiger partial charge in [-0.05, 0) is 52.2 Å². The molecule has 0 aliphatic carbocycles. The summed E-state index contributed by atoms with van der Waals surface area (Å²) in [5, 5.41) is 13.4. The minimum absolute atomic E-state index is 0.0832. The molecule has 0 spiro atoms. The summed E-state index contributed by atoms with van der Waals surface area (Å²) in [6.07, 6.45) is 6.24. The average Bonchev–Trinajstić information content (AvgIpc) is 2.63. The van der Waals surface area contributed by atoms with Crippen LogP contribution in [-0.4, -0.2) is 70.8 Å². The molecule has 0 fully saturated rings. The summed E-state index contributed by atoms with van der Waals surface area (Å²) >= 11 is 0. The van der Waals surface area contributed by atoms with Crippen LogP contribution in [0.25, 0.3) is 0 Å². The molecule has 0 radical (unpaired) electrons. The first-order valence-electron chi connectivity index (χ1n) is 10.4. The molecule has 0 bridgehead atoms. The van der Waals surface area contributed by atoms with Gasteiger partial charge in [0.15, 0.2) is 0 Å². The number of primary amides is 1. The predicted molar refractivity (Wildman–Crippen MR) is 110 cm³/mol. The molecule has 8 nitrogen and oxygen atoms in total.